The van der Waals surface area contributed by atoms with Gasteiger partial charge < -0.3 is 10.5 Å². The Kier molecular flexibility index (Phi) is 4.09. The first-order valence-electron chi connectivity index (χ1n) is 4.72. The van der Waals surface area contributed by atoms with Crippen LogP contribution in [-0.2, 0) is 4.74 Å². The van der Waals surface area contributed by atoms with Crippen LogP contribution in [0.4, 0.5) is 0 Å². The molecular formula is C9H18N2OS. The first-order valence-corrected chi connectivity index (χ1v) is 5.13. The Balaban J connectivity index is 2.37. The van der Waals surface area contributed by atoms with Crippen LogP contribution in [0.5, 0.6) is 0 Å². The predicted molar refractivity (Wildman–Crippen MR) is 57.8 cm³/mol. The molecule has 4 heteroatoms. The van der Waals surface area contributed by atoms with Crippen LogP contribution < -0.4 is 5.73 Å². The molecule has 2 atom stereocenters. The van der Waals surface area contributed by atoms with E-state index in [1.54, 1.807) is 0 Å². The highest BCUT2D eigenvalue weighted by Gasteiger charge is 2.20. The van der Waals surface area contributed by atoms with Crippen molar-refractivity contribution in [2.45, 2.75) is 19.9 Å². The number of hydrogen-bond acceptors (Lipinski definition) is 3. The maximum absolute atomic E-state index is 5.57. The molecule has 0 aromatic carbocycles. The minimum Gasteiger partial charge on any atom is -0.393 e. The van der Waals surface area contributed by atoms with Gasteiger partial charge in [0.15, 0.2) is 0 Å². The Hall–Kier alpha value is -0.190. The van der Waals surface area contributed by atoms with Crippen LogP contribution in [0.2, 0.25) is 0 Å². The van der Waals surface area contributed by atoms with Gasteiger partial charge in [-0.3, -0.25) is 4.90 Å². The van der Waals surface area contributed by atoms with E-state index in [1.807, 2.05) is 0 Å². The summed E-state index contributed by atoms with van der Waals surface area (Å²) in [6.45, 7) is 7.85. The van der Waals surface area contributed by atoms with E-state index in [1.165, 1.54) is 0 Å². The average molecular weight is 202 g/mol. The van der Waals surface area contributed by atoms with Crippen molar-refractivity contribution in [1.29, 1.82) is 0 Å². The maximum atomic E-state index is 5.57. The Labute approximate surface area is 85.2 Å². The second-order valence-corrected chi connectivity index (χ2v) is 4.19. The van der Waals surface area contributed by atoms with Gasteiger partial charge in [0, 0.05) is 25.0 Å². The lowest BCUT2D eigenvalue weighted by atomic mass is 10.1. The Morgan fingerprint density at radius 2 is 2.46 bits per heavy atom. The number of hydrogen-bond donors (Lipinski definition) is 1. The van der Waals surface area contributed by atoms with Crippen molar-refractivity contribution >= 4 is 17.2 Å². The number of ether oxygens (including phenoxy) is 1. The maximum Gasteiger partial charge on any atom is 0.0768 e. The van der Waals surface area contributed by atoms with Gasteiger partial charge in [0.25, 0.3) is 0 Å². The Bertz CT molecular complexity index is 186. The van der Waals surface area contributed by atoms with Gasteiger partial charge in [-0.15, -0.1) is 0 Å². The minimum absolute atomic E-state index is 0.301. The van der Waals surface area contributed by atoms with Crippen molar-refractivity contribution in [1.82, 2.24) is 4.90 Å². The third-order valence-electron chi connectivity index (χ3n) is 2.50. The molecule has 0 radical (unpaired) electrons. The first-order chi connectivity index (χ1) is 6.11. The molecule has 3 nitrogen and oxygen atoms in total. The van der Waals surface area contributed by atoms with Crippen molar-refractivity contribution in [2.75, 3.05) is 26.3 Å². The zero-order valence-corrected chi connectivity index (χ0v) is 9.14. The first kappa shape index (κ1) is 10.9. The van der Waals surface area contributed by atoms with Gasteiger partial charge in [-0.1, -0.05) is 19.1 Å². The molecule has 2 unspecified atom stereocenters. The molecule has 1 aliphatic heterocycles. The van der Waals surface area contributed by atoms with Gasteiger partial charge in [0.1, 0.15) is 0 Å². The van der Waals surface area contributed by atoms with E-state index < -0.39 is 0 Å². The topological polar surface area (TPSA) is 38.5 Å². The van der Waals surface area contributed by atoms with Gasteiger partial charge in [-0.25, -0.2) is 0 Å². The van der Waals surface area contributed by atoms with Crippen LogP contribution in [0, 0.1) is 5.92 Å². The van der Waals surface area contributed by atoms with Gasteiger partial charge >= 0.3 is 0 Å². The van der Waals surface area contributed by atoms with Crippen LogP contribution in [0.3, 0.4) is 0 Å². The molecule has 1 fully saturated rings. The highest BCUT2D eigenvalue weighted by atomic mass is 32.1. The van der Waals surface area contributed by atoms with E-state index in [4.69, 9.17) is 22.7 Å². The summed E-state index contributed by atoms with van der Waals surface area (Å²) in [6, 6.07) is 0.491. The molecule has 76 valence electrons. The number of morpholine rings is 1. The number of nitrogens with two attached hydrogens (primary N) is 1. The van der Waals surface area contributed by atoms with Crippen molar-refractivity contribution in [3.05, 3.63) is 0 Å². The number of rotatable bonds is 3. The van der Waals surface area contributed by atoms with E-state index in [2.05, 4.69) is 18.7 Å². The molecule has 0 saturated carbocycles. The highest BCUT2D eigenvalue weighted by molar-refractivity contribution is 7.80. The SMILES string of the molecule is CC(CN1CCOCC1C)C(N)=S. The smallest absolute Gasteiger partial charge is 0.0768 e. The van der Waals surface area contributed by atoms with Crippen molar-refractivity contribution in [2.24, 2.45) is 11.7 Å². The molecular weight excluding hydrogens is 184 g/mol. The van der Waals surface area contributed by atoms with Gasteiger partial charge in [0.2, 0.25) is 0 Å². The van der Waals surface area contributed by atoms with Crippen LogP contribution in [-0.4, -0.2) is 42.2 Å². The summed E-state index contributed by atoms with van der Waals surface area (Å²) in [4.78, 5) is 2.99. The molecule has 13 heavy (non-hydrogen) atoms. The van der Waals surface area contributed by atoms with Crippen molar-refractivity contribution < 1.29 is 4.74 Å². The zero-order valence-electron chi connectivity index (χ0n) is 8.32. The van der Waals surface area contributed by atoms with E-state index in [0.29, 0.717) is 16.9 Å². The molecule has 0 aromatic heterocycles. The molecule has 0 aliphatic carbocycles. The number of thiocarbonyl (C=S) groups is 1. The van der Waals surface area contributed by atoms with Gasteiger partial charge in [0.05, 0.1) is 18.2 Å². The summed E-state index contributed by atoms with van der Waals surface area (Å²) in [5.74, 6) is 0.301. The zero-order chi connectivity index (χ0) is 9.84. The Morgan fingerprint density at radius 3 is 3.00 bits per heavy atom. The summed E-state index contributed by atoms with van der Waals surface area (Å²) >= 11 is 4.95. The predicted octanol–water partition coefficient (Wildman–Crippen LogP) is 0.629. The third kappa shape index (κ3) is 3.21. The summed E-state index contributed by atoms with van der Waals surface area (Å²) in [5.41, 5.74) is 5.57. The molecule has 0 spiro atoms. The molecule has 0 aromatic rings. The molecule has 1 rings (SSSR count). The fourth-order valence-electron chi connectivity index (χ4n) is 1.47. The monoisotopic (exact) mass is 202 g/mol. The lowest BCUT2D eigenvalue weighted by molar-refractivity contribution is -0.00286. The van der Waals surface area contributed by atoms with E-state index >= 15 is 0 Å². The van der Waals surface area contributed by atoms with Crippen molar-refractivity contribution in [3.63, 3.8) is 0 Å². The van der Waals surface area contributed by atoms with E-state index in [-0.39, 0.29) is 0 Å². The van der Waals surface area contributed by atoms with Crippen LogP contribution >= 0.6 is 12.2 Å². The fraction of sp³-hybridized carbons (Fsp3) is 0.889. The lowest BCUT2D eigenvalue weighted by Crippen LogP contribution is -2.46. The van der Waals surface area contributed by atoms with Gasteiger partial charge in [-0.05, 0) is 6.92 Å². The second kappa shape index (κ2) is 4.88. The quantitative estimate of drug-likeness (QED) is 0.681. The summed E-state index contributed by atoms with van der Waals surface area (Å²) in [7, 11) is 0. The van der Waals surface area contributed by atoms with Gasteiger partial charge in [-0.2, -0.15) is 0 Å². The van der Waals surface area contributed by atoms with E-state index in [9.17, 15) is 0 Å². The standard InChI is InChI=1S/C9H18N2OS/c1-7(9(10)13)5-11-3-4-12-6-8(11)2/h7-8H,3-6H2,1-2H3,(H2,10,13). The average Bonchev–Trinajstić information content (AvgIpc) is 2.08. The largest absolute Gasteiger partial charge is 0.393 e. The van der Waals surface area contributed by atoms with E-state index in [0.717, 1.165) is 26.3 Å². The Morgan fingerprint density at radius 1 is 1.77 bits per heavy atom. The third-order valence-corrected chi connectivity index (χ3v) is 2.90. The van der Waals surface area contributed by atoms with Crippen LogP contribution in [0.25, 0.3) is 0 Å². The highest BCUT2D eigenvalue weighted by Crippen LogP contribution is 2.09. The molecule has 1 saturated heterocycles. The van der Waals surface area contributed by atoms with Crippen molar-refractivity contribution in [3.8, 4) is 0 Å². The number of nitrogens with zero attached hydrogens (tertiary/aromatic N) is 1. The molecule has 2 N–H and O–H groups in total. The fourth-order valence-corrected chi connectivity index (χ4v) is 1.55. The lowest BCUT2D eigenvalue weighted by Gasteiger charge is -2.34. The second-order valence-electron chi connectivity index (χ2n) is 3.72. The summed E-state index contributed by atoms with van der Waals surface area (Å²) in [6.07, 6.45) is 0. The molecule has 1 heterocycles. The molecule has 0 bridgehead atoms. The summed E-state index contributed by atoms with van der Waals surface area (Å²) < 4.78 is 5.35. The molecule has 0 amide bonds. The van der Waals surface area contributed by atoms with Crippen LogP contribution in [0.15, 0.2) is 0 Å². The minimum atomic E-state index is 0.301. The van der Waals surface area contributed by atoms with Crippen LogP contribution in [0.1, 0.15) is 13.8 Å². The molecule has 1 aliphatic rings. The normalized spacial score (nSPS) is 27.1. The summed E-state index contributed by atoms with van der Waals surface area (Å²) in [5, 5.41) is 0.